The fraction of sp³-hybridized carbons (Fsp3) is 0.667. The van der Waals surface area contributed by atoms with Gasteiger partial charge in [-0.05, 0) is 38.3 Å². The van der Waals surface area contributed by atoms with Crippen molar-refractivity contribution < 1.29 is 0 Å². The summed E-state index contributed by atoms with van der Waals surface area (Å²) in [5.41, 5.74) is 1.40. The molecule has 2 atom stereocenters. The van der Waals surface area contributed by atoms with Gasteiger partial charge in [0.1, 0.15) is 0 Å². The van der Waals surface area contributed by atoms with E-state index in [2.05, 4.69) is 59.4 Å². The first-order valence-corrected chi connectivity index (χ1v) is 8.46. The molecule has 0 amide bonds. The second-order valence-electron chi connectivity index (χ2n) is 6.70. The van der Waals surface area contributed by atoms with Gasteiger partial charge in [0.25, 0.3) is 0 Å². The van der Waals surface area contributed by atoms with E-state index in [0.29, 0.717) is 12.1 Å². The van der Waals surface area contributed by atoms with Crippen molar-refractivity contribution in [1.82, 2.24) is 15.1 Å². The Bertz CT molecular complexity index is 421. The largest absolute Gasteiger partial charge is 0.312 e. The summed E-state index contributed by atoms with van der Waals surface area (Å²) in [6.07, 6.45) is 2.93. The first-order chi connectivity index (χ1) is 10.3. The van der Waals surface area contributed by atoms with Crippen LogP contribution in [0.5, 0.6) is 0 Å². The van der Waals surface area contributed by atoms with Crippen molar-refractivity contribution in [3.05, 3.63) is 35.9 Å². The summed E-state index contributed by atoms with van der Waals surface area (Å²) in [5.74, 6) is 1.02. The average Bonchev–Trinajstić information content (AvgIpc) is 3.34. The predicted molar refractivity (Wildman–Crippen MR) is 88.4 cm³/mol. The fourth-order valence-electron chi connectivity index (χ4n) is 3.58. The Kier molecular flexibility index (Phi) is 4.94. The Labute approximate surface area is 129 Å². The Balaban J connectivity index is 1.55. The van der Waals surface area contributed by atoms with E-state index in [-0.39, 0.29) is 0 Å². The summed E-state index contributed by atoms with van der Waals surface area (Å²) in [6, 6.07) is 11.8. The van der Waals surface area contributed by atoms with Gasteiger partial charge in [-0.25, -0.2) is 0 Å². The van der Waals surface area contributed by atoms with Crippen molar-refractivity contribution in [3.63, 3.8) is 0 Å². The van der Waals surface area contributed by atoms with Gasteiger partial charge < -0.3 is 10.2 Å². The van der Waals surface area contributed by atoms with Crippen molar-refractivity contribution >= 4 is 0 Å². The molecule has 21 heavy (non-hydrogen) atoms. The summed E-state index contributed by atoms with van der Waals surface area (Å²) in [7, 11) is 2.08. The van der Waals surface area contributed by atoms with E-state index in [1.165, 1.54) is 51.1 Å². The number of benzene rings is 1. The second-order valence-corrected chi connectivity index (χ2v) is 6.70. The molecule has 3 nitrogen and oxygen atoms in total. The zero-order chi connectivity index (χ0) is 14.7. The molecule has 116 valence electrons. The fourth-order valence-corrected chi connectivity index (χ4v) is 3.58. The molecule has 3 rings (SSSR count). The van der Waals surface area contributed by atoms with Gasteiger partial charge in [-0.15, -0.1) is 0 Å². The lowest BCUT2D eigenvalue weighted by molar-refractivity contribution is 0.0844. The van der Waals surface area contributed by atoms with Crippen LogP contribution in [0, 0.1) is 5.92 Å². The summed E-state index contributed by atoms with van der Waals surface area (Å²) in [5, 5.41) is 3.51. The average molecular weight is 287 g/mol. The molecule has 1 aromatic rings. The molecule has 1 aliphatic heterocycles. The molecule has 1 aromatic carbocycles. The highest BCUT2D eigenvalue weighted by atomic mass is 15.3. The molecule has 2 unspecified atom stereocenters. The van der Waals surface area contributed by atoms with Gasteiger partial charge in [-0.3, -0.25) is 4.90 Å². The van der Waals surface area contributed by atoms with Crippen LogP contribution in [0.15, 0.2) is 30.3 Å². The van der Waals surface area contributed by atoms with Crippen molar-refractivity contribution in [1.29, 1.82) is 0 Å². The predicted octanol–water partition coefficient (Wildman–Crippen LogP) is 2.36. The standard InChI is InChI=1S/C18H29N3/c1-15(18(19-2)17-6-4-3-5-7-17)21-12-10-20(11-13-21)14-16-8-9-16/h3-7,15-16,18-19H,8-14H2,1-2H3. The van der Waals surface area contributed by atoms with Gasteiger partial charge in [-0.2, -0.15) is 0 Å². The number of piperazine rings is 1. The summed E-state index contributed by atoms with van der Waals surface area (Å²) in [6.45, 7) is 8.61. The Hall–Kier alpha value is -0.900. The minimum atomic E-state index is 0.418. The maximum absolute atomic E-state index is 3.51. The van der Waals surface area contributed by atoms with Gasteiger partial charge >= 0.3 is 0 Å². The van der Waals surface area contributed by atoms with E-state index < -0.39 is 0 Å². The smallest absolute Gasteiger partial charge is 0.0473 e. The number of nitrogens with one attached hydrogen (secondary N) is 1. The lowest BCUT2D eigenvalue weighted by Crippen LogP contribution is -2.52. The number of hydrogen-bond donors (Lipinski definition) is 1. The van der Waals surface area contributed by atoms with Crippen LogP contribution in [-0.4, -0.2) is 55.6 Å². The maximum Gasteiger partial charge on any atom is 0.0473 e. The van der Waals surface area contributed by atoms with E-state index >= 15 is 0 Å². The third-order valence-electron chi connectivity index (χ3n) is 5.15. The minimum absolute atomic E-state index is 0.418. The molecule has 3 heteroatoms. The molecule has 0 spiro atoms. The highest BCUT2D eigenvalue weighted by Crippen LogP contribution is 2.30. The Morgan fingerprint density at radius 2 is 1.76 bits per heavy atom. The molecule has 0 bridgehead atoms. The summed E-state index contributed by atoms with van der Waals surface area (Å²) in [4.78, 5) is 5.31. The molecule has 1 N–H and O–H groups in total. The normalized spacial score (nSPS) is 23.9. The van der Waals surface area contributed by atoms with Crippen LogP contribution in [0.4, 0.5) is 0 Å². The third-order valence-corrected chi connectivity index (χ3v) is 5.15. The molecule has 0 aromatic heterocycles. The molecule has 1 saturated heterocycles. The number of hydrogen-bond acceptors (Lipinski definition) is 3. The quantitative estimate of drug-likeness (QED) is 0.866. The number of likely N-dealkylation sites (N-methyl/N-ethyl adjacent to an activating group) is 1. The molecule has 1 aliphatic carbocycles. The molecular formula is C18H29N3. The van der Waals surface area contributed by atoms with Crippen molar-refractivity contribution in [2.45, 2.75) is 31.8 Å². The van der Waals surface area contributed by atoms with Crippen LogP contribution in [-0.2, 0) is 0 Å². The van der Waals surface area contributed by atoms with E-state index in [0.717, 1.165) is 5.92 Å². The van der Waals surface area contributed by atoms with E-state index in [1.807, 2.05) is 0 Å². The monoisotopic (exact) mass is 287 g/mol. The molecule has 1 heterocycles. The summed E-state index contributed by atoms with van der Waals surface area (Å²) < 4.78 is 0. The Morgan fingerprint density at radius 1 is 1.10 bits per heavy atom. The number of rotatable bonds is 6. The van der Waals surface area contributed by atoms with Gasteiger partial charge in [-0.1, -0.05) is 30.3 Å². The van der Waals surface area contributed by atoms with Crippen molar-refractivity contribution in [2.75, 3.05) is 39.8 Å². The Morgan fingerprint density at radius 3 is 2.33 bits per heavy atom. The topological polar surface area (TPSA) is 18.5 Å². The molecular weight excluding hydrogens is 258 g/mol. The van der Waals surface area contributed by atoms with Crippen molar-refractivity contribution in [2.24, 2.45) is 5.92 Å². The van der Waals surface area contributed by atoms with Gasteiger partial charge in [0.15, 0.2) is 0 Å². The van der Waals surface area contributed by atoms with Crippen LogP contribution in [0.3, 0.4) is 0 Å². The minimum Gasteiger partial charge on any atom is -0.312 e. The molecule has 2 aliphatic rings. The van der Waals surface area contributed by atoms with Gasteiger partial charge in [0.2, 0.25) is 0 Å². The van der Waals surface area contributed by atoms with Gasteiger partial charge in [0.05, 0.1) is 0 Å². The maximum atomic E-state index is 3.51. The lowest BCUT2D eigenvalue weighted by atomic mass is 9.99. The molecule has 1 saturated carbocycles. The van der Waals surface area contributed by atoms with E-state index in [4.69, 9.17) is 0 Å². The zero-order valence-electron chi connectivity index (χ0n) is 13.5. The van der Waals surface area contributed by atoms with Crippen LogP contribution in [0.25, 0.3) is 0 Å². The zero-order valence-corrected chi connectivity index (χ0v) is 13.5. The van der Waals surface area contributed by atoms with Crippen LogP contribution in [0.2, 0.25) is 0 Å². The highest BCUT2D eigenvalue weighted by molar-refractivity contribution is 5.20. The third kappa shape index (κ3) is 3.85. The first-order valence-electron chi connectivity index (χ1n) is 8.46. The van der Waals surface area contributed by atoms with Crippen LogP contribution >= 0.6 is 0 Å². The van der Waals surface area contributed by atoms with Crippen LogP contribution < -0.4 is 5.32 Å². The highest BCUT2D eigenvalue weighted by Gasteiger charge is 2.29. The SMILES string of the molecule is CNC(c1ccccc1)C(C)N1CCN(CC2CC2)CC1. The number of nitrogens with zero attached hydrogens (tertiary/aromatic N) is 2. The second kappa shape index (κ2) is 6.91. The van der Waals surface area contributed by atoms with E-state index in [9.17, 15) is 0 Å². The molecule has 2 fully saturated rings. The van der Waals surface area contributed by atoms with Crippen LogP contribution in [0.1, 0.15) is 31.4 Å². The molecule has 0 radical (unpaired) electrons. The van der Waals surface area contributed by atoms with Crippen molar-refractivity contribution in [3.8, 4) is 0 Å². The van der Waals surface area contributed by atoms with E-state index in [1.54, 1.807) is 0 Å². The van der Waals surface area contributed by atoms with Gasteiger partial charge in [0, 0.05) is 44.8 Å². The lowest BCUT2D eigenvalue weighted by Gasteiger charge is -2.41. The first kappa shape index (κ1) is 15.0. The summed E-state index contributed by atoms with van der Waals surface area (Å²) >= 11 is 0.